The second kappa shape index (κ2) is 4.39. The molecule has 0 unspecified atom stereocenters. The van der Waals surface area contributed by atoms with Gasteiger partial charge in [0.1, 0.15) is 6.61 Å². The van der Waals surface area contributed by atoms with E-state index in [1.165, 1.54) is 0 Å². The summed E-state index contributed by atoms with van der Waals surface area (Å²) in [7, 11) is 0. The molecule has 0 aliphatic heterocycles. The monoisotopic (exact) mass is 243 g/mol. The third kappa shape index (κ3) is 2.54. The highest BCUT2D eigenvalue weighted by molar-refractivity contribution is 9.10. The van der Waals surface area contributed by atoms with Gasteiger partial charge in [-0.15, -0.1) is 0 Å². The van der Waals surface area contributed by atoms with E-state index < -0.39 is 12.5 Å². The molecule has 0 fully saturated rings. The molecule has 0 bridgehead atoms. The average molecular weight is 244 g/mol. The van der Waals surface area contributed by atoms with Gasteiger partial charge in [0.25, 0.3) is 0 Å². The molecule has 0 aliphatic carbocycles. The summed E-state index contributed by atoms with van der Waals surface area (Å²) in [5.74, 6) is -0.402. The van der Waals surface area contributed by atoms with E-state index in [1.807, 2.05) is 19.1 Å². The molecule has 0 heterocycles. The first-order valence-corrected chi connectivity index (χ1v) is 4.60. The van der Waals surface area contributed by atoms with E-state index in [0.29, 0.717) is 5.69 Å². The fraction of sp³-hybridized carbons (Fsp3) is 0.222. The highest BCUT2D eigenvalue weighted by atomic mass is 79.9. The Bertz CT molecular complexity index is 325. The van der Waals surface area contributed by atoms with Gasteiger partial charge in [-0.1, -0.05) is 22.0 Å². The number of carbonyl (C=O) groups is 1. The minimum atomic E-state index is -0.494. The highest BCUT2D eigenvalue weighted by Gasteiger charge is 2.04. The summed E-state index contributed by atoms with van der Waals surface area (Å²) in [6, 6.07) is 5.50. The molecular formula is C9H10BrNO2. The topological polar surface area (TPSA) is 49.3 Å². The molecule has 70 valence electrons. The van der Waals surface area contributed by atoms with Crippen LogP contribution in [-0.2, 0) is 4.79 Å². The molecule has 1 aromatic rings. The maximum absolute atomic E-state index is 10.9. The fourth-order valence-corrected chi connectivity index (χ4v) is 1.30. The van der Waals surface area contributed by atoms with E-state index in [1.54, 1.807) is 6.07 Å². The van der Waals surface area contributed by atoms with Crippen LogP contribution in [0.1, 0.15) is 5.56 Å². The number of aliphatic hydroxyl groups is 1. The van der Waals surface area contributed by atoms with Crippen molar-refractivity contribution < 1.29 is 9.90 Å². The van der Waals surface area contributed by atoms with Gasteiger partial charge in [0.15, 0.2) is 0 Å². The van der Waals surface area contributed by atoms with Gasteiger partial charge in [-0.05, 0) is 24.6 Å². The Labute approximate surface area is 84.9 Å². The third-order valence-electron chi connectivity index (χ3n) is 1.69. The van der Waals surface area contributed by atoms with Crippen LogP contribution in [0.25, 0.3) is 0 Å². The normalized spacial score (nSPS) is 9.77. The van der Waals surface area contributed by atoms with Crippen LogP contribution in [0.15, 0.2) is 22.7 Å². The zero-order valence-electron chi connectivity index (χ0n) is 7.17. The number of carbonyl (C=O) groups excluding carboxylic acids is 1. The molecule has 3 nitrogen and oxygen atoms in total. The molecule has 1 rings (SSSR count). The van der Waals surface area contributed by atoms with Gasteiger partial charge < -0.3 is 10.4 Å². The second-order valence-electron chi connectivity index (χ2n) is 2.62. The van der Waals surface area contributed by atoms with E-state index in [2.05, 4.69) is 21.2 Å². The van der Waals surface area contributed by atoms with Gasteiger partial charge in [-0.2, -0.15) is 0 Å². The molecule has 0 atom stereocenters. The fourth-order valence-electron chi connectivity index (χ4n) is 0.933. The molecule has 0 aromatic heterocycles. The largest absolute Gasteiger partial charge is 0.387 e. The number of nitrogens with one attached hydrogen (secondary N) is 1. The summed E-state index contributed by atoms with van der Waals surface area (Å²) in [6.07, 6.45) is 0. The smallest absolute Gasteiger partial charge is 0.250 e. The Morgan fingerprint density at radius 2 is 2.31 bits per heavy atom. The van der Waals surface area contributed by atoms with Crippen molar-refractivity contribution in [2.24, 2.45) is 0 Å². The van der Waals surface area contributed by atoms with Gasteiger partial charge in [0.2, 0.25) is 5.91 Å². The molecule has 1 aromatic carbocycles. The number of anilines is 1. The maximum atomic E-state index is 10.9. The van der Waals surface area contributed by atoms with Crippen LogP contribution in [0, 0.1) is 6.92 Å². The molecule has 0 radical (unpaired) electrons. The summed E-state index contributed by atoms with van der Waals surface area (Å²) in [5.41, 5.74) is 1.66. The van der Waals surface area contributed by atoms with Gasteiger partial charge in [-0.25, -0.2) is 0 Å². The maximum Gasteiger partial charge on any atom is 0.250 e. The van der Waals surface area contributed by atoms with Crippen molar-refractivity contribution in [3.63, 3.8) is 0 Å². The van der Waals surface area contributed by atoms with Gasteiger partial charge in [0, 0.05) is 10.2 Å². The van der Waals surface area contributed by atoms with Crippen LogP contribution < -0.4 is 5.32 Å². The molecule has 0 saturated heterocycles. The predicted molar refractivity (Wildman–Crippen MR) is 54.6 cm³/mol. The Morgan fingerprint density at radius 1 is 1.62 bits per heavy atom. The van der Waals surface area contributed by atoms with E-state index in [0.717, 1.165) is 10.0 Å². The number of hydrogen-bond donors (Lipinski definition) is 2. The Morgan fingerprint density at radius 3 is 2.92 bits per heavy atom. The van der Waals surface area contributed by atoms with E-state index in [9.17, 15) is 4.79 Å². The molecule has 13 heavy (non-hydrogen) atoms. The van der Waals surface area contributed by atoms with E-state index in [4.69, 9.17) is 5.11 Å². The molecule has 0 aliphatic rings. The summed E-state index contributed by atoms with van der Waals surface area (Å²) in [6.45, 7) is 1.39. The number of aliphatic hydroxyl groups excluding tert-OH is 1. The number of halogens is 1. The lowest BCUT2D eigenvalue weighted by Gasteiger charge is -2.07. The number of hydrogen-bond acceptors (Lipinski definition) is 2. The zero-order chi connectivity index (χ0) is 9.84. The Hall–Kier alpha value is -0.870. The van der Waals surface area contributed by atoms with Crippen molar-refractivity contribution in [2.45, 2.75) is 6.92 Å². The van der Waals surface area contributed by atoms with E-state index in [-0.39, 0.29) is 0 Å². The average Bonchev–Trinajstić information content (AvgIpc) is 2.13. The van der Waals surface area contributed by atoms with Gasteiger partial charge in [-0.3, -0.25) is 4.79 Å². The quantitative estimate of drug-likeness (QED) is 0.831. The van der Waals surface area contributed by atoms with Gasteiger partial charge >= 0.3 is 0 Å². The van der Waals surface area contributed by atoms with Crippen LogP contribution >= 0.6 is 15.9 Å². The SMILES string of the molecule is Cc1c(Br)cccc1NC(=O)CO. The Kier molecular flexibility index (Phi) is 3.45. The third-order valence-corrected chi connectivity index (χ3v) is 2.54. The van der Waals surface area contributed by atoms with Crippen molar-refractivity contribution in [2.75, 3.05) is 11.9 Å². The molecular weight excluding hydrogens is 234 g/mol. The molecule has 2 N–H and O–H groups in total. The molecule has 0 spiro atoms. The first-order valence-electron chi connectivity index (χ1n) is 3.81. The number of amides is 1. The molecule has 4 heteroatoms. The van der Waals surface area contributed by atoms with Crippen molar-refractivity contribution in [3.8, 4) is 0 Å². The van der Waals surface area contributed by atoms with Crippen LogP contribution in [0.4, 0.5) is 5.69 Å². The Balaban J connectivity index is 2.89. The molecule has 1 amide bonds. The number of rotatable bonds is 2. The zero-order valence-corrected chi connectivity index (χ0v) is 8.76. The lowest BCUT2D eigenvalue weighted by Crippen LogP contribution is -2.16. The van der Waals surface area contributed by atoms with E-state index >= 15 is 0 Å². The highest BCUT2D eigenvalue weighted by Crippen LogP contribution is 2.23. The summed E-state index contributed by atoms with van der Waals surface area (Å²) in [5, 5.41) is 11.1. The van der Waals surface area contributed by atoms with Gasteiger partial charge in [0.05, 0.1) is 0 Å². The van der Waals surface area contributed by atoms with Crippen molar-refractivity contribution >= 4 is 27.5 Å². The van der Waals surface area contributed by atoms with Crippen molar-refractivity contribution in [3.05, 3.63) is 28.2 Å². The summed E-state index contributed by atoms with van der Waals surface area (Å²) >= 11 is 3.34. The minimum absolute atomic E-state index is 0.402. The predicted octanol–water partition coefficient (Wildman–Crippen LogP) is 1.69. The first-order chi connectivity index (χ1) is 6.15. The standard InChI is InChI=1S/C9H10BrNO2/c1-6-7(10)3-2-4-8(6)11-9(13)5-12/h2-4,12H,5H2,1H3,(H,11,13). The summed E-state index contributed by atoms with van der Waals surface area (Å²) < 4.78 is 0.934. The van der Waals surface area contributed by atoms with Crippen LogP contribution in [-0.4, -0.2) is 17.6 Å². The van der Waals surface area contributed by atoms with Crippen LogP contribution in [0.3, 0.4) is 0 Å². The van der Waals surface area contributed by atoms with Crippen molar-refractivity contribution in [1.82, 2.24) is 0 Å². The number of benzene rings is 1. The molecule has 0 saturated carbocycles. The minimum Gasteiger partial charge on any atom is -0.387 e. The summed E-state index contributed by atoms with van der Waals surface area (Å²) in [4.78, 5) is 10.9. The van der Waals surface area contributed by atoms with Crippen LogP contribution in [0.2, 0.25) is 0 Å². The van der Waals surface area contributed by atoms with Crippen molar-refractivity contribution in [1.29, 1.82) is 0 Å². The lowest BCUT2D eigenvalue weighted by atomic mass is 10.2. The first kappa shape index (κ1) is 10.2. The van der Waals surface area contributed by atoms with Crippen LogP contribution in [0.5, 0.6) is 0 Å². The second-order valence-corrected chi connectivity index (χ2v) is 3.47. The lowest BCUT2D eigenvalue weighted by molar-refractivity contribution is -0.118.